The number of nitrogens with zero attached hydrogens (tertiary/aromatic N) is 2. The summed E-state index contributed by atoms with van der Waals surface area (Å²) in [6.45, 7) is 5.37. The van der Waals surface area contributed by atoms with Gasteiger partial charge in [0.25, 0.3) is 0 Å². The molecule has 0 spiro atoms. The lowest BCUT2D eigenvalue weighted by molar-refractivity contribution is 0.305. The highest BCUT2D eigenvalue weighted by molar-refractivity contribution is 5.28. The first-order valence-electron chi connectivity index (χ1n) is 5.72. The number of rotatable bonds is 7. The number of ether oxygens (including phenoxy) is 1. The van der Waals surface area contributed by atoms with Crippen LogP contribution in [-0.4, -0.2) is 29.2 Å². The quantitative estimate of drug-likeness (QED) is 0.732. The van der Waals surface area contributed by atoms with Gasteiger partial charge in [0.15, 0.2) is 0 Å². The van der Waals surface area contributed by atoms with Gasteiger partial charge >= 0.3 is 0 Å². The van der Waals surface area contributed by atoms with E-state index >= 15 is 0 Å². The van der Waals surface area contributed by atoms with E-state index in [4.69, 9.17) is 10.5 Å². The number of nitrogens with one attached hydrogen (secondary N) is 1. The van der Waals surface area contributed by atoms with Crippen LogP contribution in [0.4, 0.5) is 5.95 Å². The highest BCUT2D eigenvalue weighted by atomic mass is 16.5. The van der Waals surface area contributed by atoms with Gasteiger partial charge in [-0.25, -0.2) is 4.98 Å². The minimum atomic E-state index is 0.210. The maximum atomic E-state index is 5.60. The zero-order valence-corrected chi connectivity index (χ0v) is 9.94. The molecule has 0 saturated heterocycles. The molecule has 0 fully saturated rings. The third kappa shape index (κ3) is 4.02. The van der Waals surface area contributed by atoms with Gasteiger partial charge in [0, 0.05) is 24.8 Å². The predicted molar refractivity (Wildman–Crippen MR) is 64.6 cm³/mol. The third-order valence-corrected chi connectivity index (χ3v) is 2.19. The van der Waals surface area contributed by atoms with E-state index in [2.05, 4.69) is 29.1 Å². The molecule has 5 heteroatoms. The molecule has 0 radical (unpaired) electrons. The molecule has 0 aliphatic rings. The van der Waals surface area contributed by atoms with E-state index < -0.39 is 0 Å². The molecule has 1 aromatic rings. The van der Waals surface area contributed by atoms with Crippen molar-refractivity contribution in [2.45, 2.75) is 32.7 Å². The molecule has 0 aromatic carbocycles. The van der Waals surface area contributed by atoms with Crippen molar-refractivity contribution < 1.29 is 4.74 Å². The van der Waals surface area contributed by atoms with Gasteiger partial charge in [0.2, 0.25) is 11.8 Å². The monoisotopic (exact) mass is 224 g/mol. The molecule has 5 nitrogen and oxygen atoms in total. The van der Waals surface area contributed by atoms with Crippen LogP contribution in [0.1, 0.15) is 26.7 Å². The van der Waals surface area contributed by atoms with Crippen molar-refractivity contribution in [1.29, 1.82) is 0 Å². The van der Waals surface area contributed by atoms with Gasteiger partial charge in [-0.3, -0.25) is 0 Å². The third-order valence-electron chi connectivity index (χ3n) is 2.19. The Balaban J connectivity index is 2.59. The molecule has 1 atom stereocenters. The van der Waals surface area contributed by atoms with Gasteiger partial charge < -0.3 is 15.8 Å². The molecular formula is C11H20N4O. The normalized spacial score (nSPS) is 12.2. The highest BCUT2D eigenvalue weighted by Gasteiger charge is 2.06. The summed E-state index contributed by atoms with van der Waals surface area (Å²) in [5.74, 6) is 1.18. The Bertz CT molecular complexity index is 302. The van der Waals surface area contributed by atoms with Crippen molar-refractivity contribution in [3.05, 3.63) is 12.3 Å². The first-order valence-corrected chi connectivity index (χ1v) is 5.72. The summed E-state index contributed by atoms with van der Waals surface area (Å²) in [4.78, 5) is 8.37. The van der Waals surface area contributed by atoms with Crippen molar-refractivity contribution in [2.75, 3.05) is 18.5 Å². The van der Waals surface area contributed by atoms with Crippen LogP contribution in [0, 0.1) is 0 Å². The van der Waals surface area contributed by atoms with Gasteiger partial charge in [0.05, 0.1) is 6.61 Å². The summed E-state index contributed by atoms with van der Waals surface area (Å²) in [6, 6.07) is 1.96. The largest absolute Gasteiger partial charge is 0.478 e. The van der Waals surface area contributed by atoms with Gasteiger partial charge in [-0.15, -0.1) is 0 Å². The zero-order chi connectivity index (χ0) is 11.8. The summed E-state index contributed by atoms with van der Waals surface area (Å²) in [5.41, 5.74) is 5.60. The molecule has 90 valence electrons. The Hall–Kier alpha value is -1.36. The average molecular weight is 224 g/mol. The van der Waals surface area contributed by atoms with Crippen LogP contribution >= 0.6 is 0 Å². The summed E-state index contributed by atoms with van der Waals surface area (Å²) in [5, 5.41) is 3.17. The molecule has 0 saturated carbocycles. The molecule has 0 aliphatic carbocycles. The summed E-state index contributed by atoms with van der Waals surface area (Å²) in [7, 11) is 0. The van der Waals surface area contributed by atoms with E-state index in [1.807, 2.05) is 0 Å². The van der Waals surface area contributed by atoms with Gasteiger partial charge in [-0.05, 0) is 12.8 Å². The Labute approximate surface area is 96.4 Å². The van der Waals surface area contributed by atoms with Crippen LogP contribution in [0.15, 0.2) is 12.3 Å². The van der Waals surface area contributed by atoms with Crippen molar-refractivity contribution in [1.82, 2.24) is 9.97 Å². The standard InChI is InChI=1S/C11H20N4O/c1-3-7-16-10-5-6-13-11(15-10)14-9(4-2)8-12/h5-6,9H,3-4,7-8,12H2,1-2H3,(H,13,14,15). The molecule has 1 rings (SSSR count). The van der Waals surface area contributed by atoms with Crippen molar-refractivity contribution >= 4 is 5.95 Å². The number of hydrogen-bond donors (Lipinski definition) is 2. The summed E-state index contributed by atoms with van der Waals surface area (Å²) >= 11 is 0. The van der Waals surface area contributed by atoms with Gasteiger partial charge in [-0.2, -0.15) is 4.98 Å². The predicted octanol–water partition coefficient (Wildman–Crippen LogP) is 1.41. The molecule has 0 bridgehead atoms. The van der Waals surface area contributed by atoms with E-state index in [1.165, 1.54) is 0 Å². The first-order chi connectivity index (χ1) is 7.80. The number of aromatic nitrogens is 2. The molecule has 3 N–H and O–H groups in total. The molecule has 16 heavy (non-hydrogen) atoms. The maximum Gasteiger partial charge on any atom is 0.226 e. The van der Waals surface area contributed by atoms with Crippen LogP contribution in [0.3, 0.4) is 0 Å². The van der Waals surface area contributed by atoms with E-state index in [9.17, 15) is 0 Å². The maximum absolute atomic E-state index is 5.60. The first kappa shape index (κ1) is 12.7. The van der Waals surface area contributed by atoms with E-state index in [-0.39, 0.29) is 6.04 Å². The fourth-order valence-corrected chi connectivity index (χ4v) is 1.21. The molecule has 0 aliphatic heterocycles. The lowest BCUT2D eigenvalue weighted by Crippen LogP contribution is -2.28. The Morgan fingerprint density at radius 2 is 2.31 bits per heavy atom. The smallest absolute Gasteiger partial charge is 0.226 e. The van der Waals surface area contributed by atoms with E-state index in [1.54, 1.807) is 12.3 Å². The van der Waals surface area contributed by atoms with Crippen molar-refractivity contribution in [3.63, 3.8) is 0 Å². The molecule has 1 heterocycles. The molecule has 1 aromatic heterocycles. The van der Waals surface area contributed by atoms with Crippen LogP contribution in [0.2, 0.25) is 0 Å². The Morgan fingerprint density at radius 1 is 1.50 bits per heavy atom. The second-order valence-electron chi connectivity index (χ2n) is 3.55. The molecule has 0 amide bonds. The van der Waals surface area contributed by atoms with E-state index in [0.29, 0.717) is 25.0 Å². The second kappa shape index (κ2) is 7.00. The van der Waals surface area contributed by atoms with Crippen LogP contribution in [0.25, 0.3) is 0 Å². The topological polar surface area (TPSA) is 73.1 Å². The number of hydrogen-bond acceptors (Lipinski definition) is 5. The molecule has 1 unspecified atom stereocenters. The number of anilines is 1. The van der Waals surface area contributed by atoms with Crippen LogP contribution < -0.4 is 15.8 Å². The fraction of sp³-hybridized carbons (Fsp3) is 0.636. The minimum absolute atomic E-state index is 0.210. The lowest BCUT2D eigenvalue weighted by atomic mass is 10.2. The van der Waals surface area contributed by atoms with Crippen LogP contribution in [0.5, 0.6) is 5.88 Å². The van der Waals surface area contributed by atoms with Gasteiger partial charge in [-0.1, -0.05) is 13.8 Å². The highest BCUT2D eigenvalue weighted by Crippen LogP contribution is 2.09. The average Bonchev–Trinajstić information content (AvgIpc) is 2.34. The molecular weight excluding hydrogens is 204 g/mol. The number of nitrogens with two attached hydrogens (primary N) is 1. The summed E-state index contributed by atoms with van der Waals surface area (Å²) in [6.07, 6.45) is 3.59. The Morgan fingerprint density at radius 3 is 2.94 bits per heavy atom. The SMILES string of the molecule is CCCOc1ccnc(NC(CC)CN)n1. The zero-order valence-electron chi connectivity index (χ0n) is 9.94. The lowest BCUT2D eigenvalue weighted by Gasteiger charge is -2.14. The Kier molecular flexibility index (Phi) is 5.56. The van der Waals surface area contributed by atoms with E-state index in [0.717, 1.165) is 12.8 Å². The van der Waals surface area contributed by atoms with Crippen LogP contribution in [-0.2, 0) is 0 Å². The van der Waals surface area contributed by atoms with Gasteiger partial charge in [0.1, 0.15) is 0 Å². The summed E-state index contributed by atoms with van der Waals surface area (Å²) < 4.78 is 5.42. The van der Waals surface area contributed by atoms with Crippen molar-refractivity contribution in [2.24, 2.45) is 5.73 Å². The fourth-order valence-electron chi connectivity index (χ4n) is 1.21. The second-order valence-corrected chi connectivity index (χ2v) is 3.55. The minimum Gasteiger partial charge on any atom is -0.478 e. The van der Waals surface area contributed by atoms with Crippen molar-refractivity contribution in [3.8, 4) is 5.88 Å².